The summed E-state index contributed by atoms with van der Waals surface area (Å²) in [4.78, 5) is 7.97. The average molecular weight is 334 g/mol. The lowest BCUT2D eigenvalue weighted by Crippen LogP contribution is -2.26. The summed E-state index contributed by atoms with van der Waals surface area (Å²) >= 11 is 0. The first-order valence-corrected chi connectivity index (χ1v) is 8.91. The molecule has 0 amide bonds. The van der Waals surface area contributed by atoms with Crippen molar-refractivity contribution in [3.05, 3.63) is 42.5 Å². The number of fused-ring (bicyclic) bond motifs is 1. The molecule has 0 aliphatic heterocycles. The smallest absolute Gasteiger partial charge is 0.137 e. The van der Waals surface area contributed by atoms with Crippen molar-refractivity contribution < 1.29 is 0 Å². The normalized spacial score (nSPS) is 19.2. The Morgan fingerprint density at radius 3 is 2.60 bits per heavy atom. The molecule has 0 saturated heterocycles. The summed E-state index contributed by atoms with van der Waals surface area (Å²) in [5.41, 5.74) is 6.38. The van der Waals surface area contributed by atoms with Gasteiger partial charge >= 0.3 is 0 Å². The van der Waals surface area contributed by atoms with Crippen molar-refractivity contribution in [3.8, 4) is 11.1 Å². The van der Waals surface area contributed by atoms with Gasteiger partial charge in [-0.2, -0.15) is 5.10 Å². The molecule has 0 atom stereocenters. The van der Waals surface area contributed by atoms with Crippen LogP contribution in [0.1, 0.15) is 46.1 Å². The number of H-pyrrole nitrogens is 1. The maximum atomic E-state index is 4.68. The fourth-order valence-electron chi connectivity index (χ4n) is 4.55. The van der Waals surface area contributed by atoms with Crippen molar-refractivity contribution in [2.24, 2.45) is 17.9 Å². The average Bonchev–Trinajstić information content (AvgIpc) is 3.09. The summed E-state index contributed by atoms with van der Waals surface area (Å²) < 4.78 is 1.83. The molecule has 0 bridgehead atoms. The van der Waals surface area contributed by atoms with E-state index in [1.807, 2.05) is 36.5 Å². The van der Waals surface area contributed by atoms with Gasteiger partial charge in [-0.15, -0.1) is 0 Å². The number of pyridine rings is 1. The molecule has 1 aliphatic rings. The Labute approximate surface area is 149 Å². The molecule has 25 heavy (non-hydrogen) atoms. The Hall–Kier alpha value is -2.36. The number of hydrogen-bond acceptors (Lipinski definition) is 2. The van der Waals surface area contributed by atoms with E-state index in [1.54, 1.807) is 0 Å². The third-order valence-corrected chi connectivity index (χ3v) is 5.09. The van der Waals surface area contributed by atoms with Crippen LogP contribution in [0, 0.1) is 10.8 Å². The van der Waals surface area contributed by atoms with Crippen molar-refractivity contribution in [1.82, 2.24) is 19.7 Å². The van der Waals surface area contributed by atoms with Crippen LogP contribution in [0.3, 0.4) is 0 Å². The van der Waals surface area contributed by atoms with Gasteiger partial charge in [0, 0.05) is 42.2 Å². The second kappa shape index (κ2) is 5.32. The lowest BCUT2D eigenvalue weighted by Gasteiger charge is -2.39. The van der Waals surface area contributed by atoms with Crippen LogP contribution in [-0.4, -0.2) is 19.7 Å². The Balaban J connectivity index is 1.83. The van der Waals surface area contributed by atoms with Crippen LogP contribution in [0.25, 0.3) is 27.7 Å². The van der Waals surface area contributed by atoms with Gasteiger partial charge in [0.15, 0.2) is 0 Å². The summed E-state index contributed by atoms with van der Waals surface area (Å²) in [6, 6.07) is 2.28. The van der Waals surface area contributed by atoms with E-state index in [0.717, 1.165) is 28.6 Å². The second-order valence-electron chi connectivity index (χ2n) is 8.90. The molecule has 0 radical (unpaired) electrons. The summed E-state index contributed by atoms with van der Waals surface area (Å²) in [6.45, 7) is 9.39. The van der Waals surface area contributed by atoms with Gasteiger partial charge in [-0.25, -0.2) is 4.98 Å². The largest absolute Gasteiger partial charge is 0.346 e. The van der Waals surface area contributed by atoms with E-state index in [4.69, 9.17) is 0 Å². The zero-order valence-corrected chi connectivity index (χ0v) is 15.7. The predicted molar refractivity (Wildman–Crippen MR) is 103 cm³/mol. The Morgan fingerprint density at radius 2 is 1.92 bits per heavy atom. The van der Waals surface area contributed by atoms with Gasteiger partial charge in [0.25, 0.3) is 0 Å². The van der Waals surface area contributed by atoms with Crippen molar-refractivity contribution in [2.75, 3.05) is 0 Å². The molecule has 3 aromatic heterocycles. The minimum Gasteiger partial charge on any atom is -0.346 e. The summed E-state index contributed by atoms with van der Waals surface area (Å²) in [7, 11) is 1.94. The molecule has 0 unspecified atom stereocenters. The second-order valence-corrected chi connectivity index (χ2v) is 8.90. The molecule has 4 rings (SSSR count). The number of nitrogens with one attached hydrogen (secondary N) is 1. The molecular formula is C21H26N4. The third-order valence-electron chi connectivity index (χ3n) is 5.09. The third kappa shape index (κ3) is 3.01. The Kier molecular flexibility index (Phi) is 3.43. The highest BCUT2D eigenvalue weighted by Crippen LogP contribution is 2.47. The van der Waals surface area contributed by atoms with E-state index in [-0.39, 0.29) is 5.41 Å². The maximum absolute atomic E-state index is 4.68. The molecule has 4 heteroatoms. The molecule has 1 N–H and O–H groups in total. The van der Waals surface area contributed by atoms with Crippen LogP contribution in [0.4, 0.5) is 0 Å². The van der Waals surface area contributed by atoms with Crippen molar-refractivity contribution in [3.63, 3.8) is 0 Å². The standard InChI is InChI=1S/C21H26N4/c1-20(2)7-15(8-21(3,4)13-20)14-6-17-18(11-23-19(17)22-9-14)16-10-24-25(5)12-16/h6-7,9-12H,8,13H2,1-5H3,(H,22,23). The highest BCUT2D eigenvalue weighted by molar-refractivity contribution is 5.95. The molecule has 0 spiro atoms. The SMILES string of the molecule is Cn1cc(-c2c[nH]c3ncc(C4=CC(C)(C)CC(C)(C)C4)cc23)cn1. The Morgan fingerprint density at radius 1 is 1.12 bits per heavy atom. The first kappa shape index (κ1) is 16.1. The maximum Gasteiger partial charge on any atom is 0.137 e. The molecule has 4 nitrogen and oxygen atoms in total. The van der Waals surface area contributed by atoms with Crippen LogP contribution in [0.5, 0.6) is 0 Å². The predicted octanol–water partition coefficient (Wildman–Crippen LogP) is 5.19. The summed E-state index contributed by atoms with van der Waals surface area (Å²) in [6.07, 6.45) is 12.7. The van der Waals surface area contributed by atoms with Crippen LogP contribution >= 0.6 is 0 Å². The molecule has 3 heterocycles. The molecule has 3 aromatic rings. The van der Waals surface area contributed by atoms with Crippen molar-refractivity contribution in [2.45, 2.75) is 40.5 Å². The lowest BCUT2D eigenvalue weighted by atomic mass is 9.66. The van der Waals surface area contributed by atoms with Crippen LogP contribution in [-0.2, 0) is 7.05 Å². The summed E-state index contributed by atoms with van der Waals surface area (Å²) in [5.74, 6) is 0. The fraction of sp³-hybridized carbons (Fsp3) is 0.429. The lowest BCUT2D eigenvalue weighted by molar-refractivity contribution is 0.229. The van der Waals surface area contributed by atoms with Gasteiger partial charge in [-0.05, 0) is 40.9 Å². The highest BCUT2D eigenvalue weighted by atomic mass is 15.2. The number of aryl methyl sites for hydroxylation is 1. The quantitative estimate of drug-likeness (QED) is 0.701. The minimum atomic E-state index is 0.219. The number of nitrogens with zero attached hydrogens (tertiary/aromatic N) is 3. The highest BCUT2D eigenvalue weighted by Gasteiger charge is 2.33. The van der Waals surface area contributed by atoms with E-state index >= 15 is 0 Å². The van der Waals surface area contributed by atoms with E-state index in [0.29, 0.717) is 5.41 Å². The van der Waals surface area contributed by atoms with Crippen LogP contribution in [0.15, 0.2) is 36.9 Å². The zero-order chi connectivity index (χ0) is 17.8. The van der Waals surface area contributed by atoms with Gasteiger partial charge in [0.2, 0.25) is 0 Å². The number of aromatic nitrogens is 4. The minimum absolute atomic E-state index is 0.219. The first-order chi connectivity index (χ1) is 11.7. The van der Waals surface area contributed by atoms with Crippen molar-refractivity contribution in [1.29, 1.82) is 0 Å². The van der Waals surface area contributed by atoms with Crippen LogP contribution < -0.4 is 0 Å². The summed E-state index contributed by atoms with van der Waals surface area (Å²) in [5, 5.41) is 5.46. The molecular weight excluding hydrogens is 308 g/mol. The topological polar surface area (TPSA) is 46.5 Å². The fourth-order valence-corrected chi connectivity index (χ4v) is 4.55. The van der Waals surface area contributed by atoms with E-state index < -0.39 is 0 Å². The van der Waals surface area contributed by atoms with E-state index in [9.17, 15) is 0 Å². The number of hydrogen-bond donors (Lipinski definition) is 1. The Bertz CT molecular complexity index is 969. The van der Waals surface area contributed by atoms with Crippen LogP contribution in [0.2, 0.25) is 0 Å². The molecule has 0 saturated carbocycles. The number of aromatic amines is 1. The molecule has 1 aliphatic carbocycles. The number of allylic oxidation sites excluding steroid dienone is 2. The molecule has 0 fully saturated rings. The van der Waals surface area contributed by atoms with E-state index in [1.165, 1.54) is 17.6 Å². The van der Waals surface area contributed by atoms with Gasteiger partial charge in [0.1, 0.15) is 5.65 Å². The van der Waals surface area contributed by atoms with Gasteiger partial charge in [0.05, 0.1) is 6.20 Å². The molecule has 130 valence electrons. The van der Waals surface area contributed by atoms with Crippen molar-refractivity contribution >= 4 is 16.6 Å². The monoisotopic (exact) mass is 334 g/mol. The first-order valence-electron chi connectivity index (χ1n) is 8.91. The molecule has 0 aromatic carbocycles. The van der Waals surface area contributed by atoms with Gasteiger partial charge in [-0.1, -0.05) is 33.8 Å². The van der Waals surface area contributed by atoms with E-state index in [2.05, 4.69) is 54.9 Å². The van der Waals surface area contributed by atoms with Gasteiger partial charge in [-0.3, -0.25) is 4.68 Å². The zero-order valence-electron chi connectivity index (χ0n) is 15.7. The number of rotatable bonds is 2. The van der Waals surface area contributed by atoms with Gasteiger partial charge < -0.3 is 4.98 Å².